The summed E-state index contributed by atoms with van der Waals surface area (Å²) in [5, 5.41) is 11.8. The van der Waals surface area contributed by atoms with Crippen LogP contribution in [0.4, 0.5) is 10.5 Å². The first-order chi connectivity index (χ1) is 8.04. The maximum absolute atomic E-state index is 11.7. The topological polar surface area (TPSA) is 56.1 Å². The summed E-state index contributed by atoms with van der Waals surface area (Å²) in [6, 6.07) is 7.07. The molecule has 0 heterocycles. The van der Waals surface area contributed by atoms with Gasteiger partial charge in [-0.25, -0.2) is 4.79 Å². The quantitative estimate of drug-likeness (QED) is 0.898. The third kappa shape index (κ3) is 3.97. The molecule has 1 aromatic carbocycles. The molecule has 2 amide bonds. The van der Waals surface area contributed by atoms with Crippen molar-refractivity contribution in [3.8, 4) is 6.07 Å². The molecule has 0 aromatic heterocycles. The summed E-state index contributed by atoms with van der Waals surface area (Å²) >= 11 is 5.95. The van der Waals surface area contributed by atoms with E-state index in [4.69, 9.17) is 16.9 Å². The fourth-order valence-corrected chi connectivity index (χ4v) is 1.39. The zero-order valence-corrected chi connectivity index (χ0v) is 10.6. The lowest BCUT2D eigenvalue weighted by Gasteiger charge is -2.16. The number of halogens is 1. The highest BCUT2D eigenvalue weighted by molar-refractivity contribution is 6.31. The average Bonchev–Trinajstić information content (AvgIpc) is 2.30. The standard InChI is InChI=1S/C12H14ClN3O/c1-9-4-5-10(8-11(9)13)15-12(17)16(2)7-3-6-14/h4-5,8H,3,7H2,1-2H3,(H,15,17). The Kier molecular flexibility index (Phi) is 4.80. The maximum Gasteiger partial charge on any atom is 0.321 e. The van der Waals surface area contributed by atoms with Gasteiger partial charge in [0.2, 0.25) is 0 Å². The van der Waals surface area contributed by atoms with E-state index in [9.17, 15) is 4.79 Å². The molecule has 1 N–H and O–H groups in total. The smallest absolute Gasteiger partial charge is 0.321 e. The Morgan fingerprint density at radius 3 is 2.88 bits per heavy atom. The number of nitrogens with zero attached hydrogens (tertiary/aromatic N) is 2. The SMILES string of the molecule is Cc1ccc(NC(=O)N(C)CCC#N)cc1Cl. The lowest BCUT2D eigenvalue weighted by atomic mass is 10.2. The summed E-state index contributed by atoms with van der Waals surface area (Å²) in [5.74, 6) is 0. The normalized spacial score (nSPS) is 9.53. The number of anilines is 1. The number of hydrogen-bond donors (Lipinski definition) is 1. The number of carbonyl (C=O) groups excluding carboxylic acids is 1. The van der Waals surface area contributed by atoms with Gasteiger partial charge in [0, 0.05) is 24.3 Å². The highest BCUT2D eigenvalue weighted by Crippen LogP contribution is 2.20. The zero-order chi connectivity index (χ0) is 12.8. The lowest BCUT2D eigenvalue weighted by Crippen LogP contribution is -2.31. The second-order valence-corrected chi connectivity index (χ2v) is 4.13. The molecular weight excluding hydrogens is 238 g/mol. The highest BCUT2D eigenvalue weighted by atomic mass is 35.5. The van der Waals surface area contributed by atoms with Gasteiger partial charge in [-0.3, -0.25) is 0 Å². The third-order valence-corrected chi connectivity index (χ3v) is 2.74. The number of hydrogen-bond acceptors (Lipinski definition) is 2. The average molecular weight is 252 g/mol. The molecule has 0 aliphatic rings. The molecule has 1 aromatic rings. The predicted octanol–water partition coefficient (Wildman–Crippen LogP) is 3.03. The molecule has 0 radical (unpaired) electrons. The molecule has 1 rings (SSSR count). The molecule has 5 heteroatoms. The fourth-order valence-electron chi connectivity index (χ4n) is 1.21. The first-order valence-electron chi connectivity index (χ1n) is 5.20. The van der Waals surface area contributed by atoms with Gasteiger partial charge < -0.3 is 10.2 Å². The van der Waals surface area contributed by atoms with Crippen molar-refractivity contribution in [3.05, 3.63) is 28.8 Å². The Morgan fingerprint density at radius 2 is 2.29 bits per heavy atom. The molecule has 0 aliphatic heterocycles. The molecule has 0 fully saturated rings. The van der Waals surface area contributed by atoms with Crippen LogP contribution in [0.25, 0.3) is 0 Å². The Bertz CT molecular complexity index is 454. The first kappa shape index (κ1) is 13.3. The Labute approximate surface area is 106 Å². The van der Waals surface area contributed by atoms with Crippen LogP contribution in [0.3, 0.4) is 0 Å². The highest BCUT2D eigenvalue weighted by Gasteiger charge is 2.08. The van der Waals surface area contributed by atoms with E-state index in [-0.39, 0.29) is 6.03 Å². The summed E-state index contributed by atoms with van der Waals surface area (Å²) in [5.41, 5.74) is 1.61. The van der Waals surface area contributed by atoms with E-state index in [2.05, 4.69) is 5.32 Å². The van der Waals surface area contributed by atoms with Crippen molar-refractivity contribution < 1.29 is 4.79 Å². The molecule has 0 bridgehead atoms. The van der Waals surface area contributed by atoms with Gasteiger partial charge in [0.1, 0.15) is 0 Å². The monoisotopic (exact) mass is 251 g/mol. The van der Waals surface area contributed by atoms with Gasteiger partial charge in [-0.2, -0.15) is 5.26 Å². The molecule has 90 valence electrons. The predicted molar refractivity (Wildman–Crippen MR) is 68.1 cm³/mol. The van der Waals surface area contributed by atoms with E-state index in [0.29, 0.717) is 23.7 Å². The number of carbonyl (C=O) groups is 1. The minimum atomic E-state index is -0.250. The van der Waals surface area contributed by atoms with Crippen LogP contribution in [-0.4, -0.2) is 24.5 Å². The Morgan fingerprint density at radius 1 is 1.59 bits per heavy atom. The van der Waals surface area contributed by atoms with Crippen molar-refractivity contribution in [1.29, 1.82) is 5.26 Å². The molecule has 0 aliphatic carbocycles. The van der Waals surface area contributed by atoms with Crippen molar-refractivity contribution in [2.75, 3.05) is 18.9 Å². The molecule has 0 saturated carbocycles. The molecule has 0 spiro atoms. The Balaban J connectivity index is 2.62. The van der Waals surface area contributed by atoms with Crippen molar-refractivity contribution >= 4 is 23.3 Å². The van der Waals surface area contributed by atoms with Crippen LogP contribution >= 0.6 is 11.6 Å². The summed E-state index contributed by atoms with van der Waals surface area (Å²) < 4.78 is 0. The minimum absolute atomic E-state index is 0.250. The van der Waals surface area contributed by atoms with Crippen LogP contribution in [0.1, 0.15) is 12.0 Å². The molecule has 17 heavy (non-hydrogen) atoms. The number of urea groups is 1. The van der Waals surface area contributed by atoms with Gasteiger partial charge in [0.25, 0.3) is 0 Å². The van der Waals surface area contributed by atoms with E-state index in [1.165, 1.54) is 4.90 Å². The van der Waals surface area contributed by atoms with E-state index < -0.39 is 0 Å². The summed E-state index contributed by atoms with van der Waals surface area (Å²) in [6.07, 6.45) is 0.318. The zero-order valence-electron chi connectivity index (χ0n) is 9.83. The molecule has 0 unspecified atom stereocenters. The van der Waals surface area contributed by atoms with Gasteiger partial charge in [0.15, 0.2) is 0 Å². The third-order valence-electron chi connectivity index (χ3n) is 2.33. The van der Waals surface area contributed by atoms with Crippen LogP contribution in [-0.2, 0) is 0 Å². The van der Waals surface area contributed by atoms with Crippen LogP contribution in [0.2, 0.25) is 5.02 Å². The van der Waals surface area contributed by atoms with Crippen molar-refractivity contribution in [1.82, 2.24) is 4.90 Å². The van der Waals surface area contributed by atoms with Gasteiger partial charge in [0.05, 0.1) is 12.5 Å². The largest absolute Gasteiger partial charge is 0.327 e. The number of rotatable bonds is 3. The number of benzene rings is 1. The maximum atomic E-state index is 11.7. The van der Waals surface area contributed by atoms with E-state index in [0.717, 1.165) is 5.56 Å². The second-order valence-electron chi connectivity index (χ2n) is 3.72. The lowest BCUT2D eigenvalue weighted by molar-refractivity contribution is 0.223. The van der Waals surface area contributed by atoms with Crippen molar-refractivity contribution in [2.45, 2.75) is 13.3 Å². The van der Waals surface area contributed by atoms with Gasteiger partial charge in [-0.05, 0) is 24.6 Å². The van der Waals surface area contributed by atoms with Crippen LogP contribution in [0, 0.1) is 18.3 Å². The molecular formula is C12H14ClN3O. The Hall–Kier alpha value is -1.73. The van der Waals surface area contributed by atoms with Crippen LogP contribution < -0.4 is 5.32 Å². The number of aryl methyl sites for hydroxylation is 1. The van der Waals surface area contributed by atoms with E-state index in [1.807, 2.05) is 19.1 Å². The summed E-state index contributed by atoms with van der Waals surface area (Å²) in [4.78, 5) is 13.1. The van der Waals surface area contributed by atoms with Crippen molar-refractivity contribution in [2.24, 2.45) is 0 Å². The van der Waals surface area contributed by atoms with Gasteiger partial charge >= 0.3 is 6.03 Å². The molecule has 4 nitrogen and oxygen atoms in total. The molecule has 0 saturated heterocycles. The fraction of sp³-hybridized carbons (Fsp3) is 0.333. The van der Waals surface area contributed by atoms with Crippen molar-refractivity contribution in [3.63, 3.8) is 0 Å². The van der Waals surface area contributed by atoms with Crippen LogP contribution in [0.15, 0.2) is 18.2 Å². The number of nitriles is 1. The van der Waals surface area contributed by atoms with Gasteiger partial charge in [-0.15, -0.1) is 0 Å². The summed E-state index contributed by atoms with van der Waals surface area (Å²) in [7, 11) is 1.64. The number of amides is 2. The van der Waals surface area contributed by atoms with Crippen LogP contribution in [0.5, 0.6) is 0 Å². The van der Waals surface area contributed by atoms with E-state index >= 15 is 0 Å². The first-order valence-corrected chi connectivity index (χ1v) is 5.57. The van der Waals surface area contributed by atoms with Gasteiger partial charge in [-0.1, -0.05) is 17.7 Å². The minimum Gasteiger partial charge on any atom is -0.327 e. The van der Waals surface area contributed by atoms with E-state index in [1.54, 1.807) is 19.2 Å². The molecule has 0 atom stereocenters. The summed E-state index contributed by atoms with van der Waals surface area (Å²) in [6.45, 7) is 2.30. The second kappa shape index (κ2) is 6.12. The number of nitrogens with one attached hydrogen (secondary N) is 1.